The summed E-state index contributed by atoms with van der Waals surface area (Å²) in [4.78, 5) is 28.8. The van der Waals surface area contributed by atoms with Gasteiger partial charge >= 0.3 is 5.69 Å². The van der Waals surface area contributed by atoms with Gasteiger partial charge in [0.05, 0.1) is 33.0 Å². The third-order valence-electron chi connectivity index (χ3n) is 7.03. The Bertz CT molecular complexity index is 1700. The lowest BCUT2D eigenvalue weighted by Gasteiger charge is -2.35. The van der Waals surface area contributed by atoms with Crippen molar-refractivity contribution in [2.45, 2.75) is 39.7 Å². The molecule has 40 heavy (non-hydrogen) atoms. The average Bonchev–Trinajstić information content (AvgIpc) is 2.92. The zero-order chi connectivity index (χ0) is 29.0. The summed E-state index contributed by atoms with van der Waals surface area (Å²) in [5, 5.41) is 2.65. The first kappa shape index (κ1) is 27.8. The second-order valence-corrected chi connectivity index (χ2v) is 10.4. The number of hydrogen-bond acceptors (Lipinski definition) is 7. The van der Waals surface area contributed by atoms with Crippen LogP contribution in [0.3, 0.4) is 0 Å². The molecule has 0 bridgehead atoms. The van der Waals surface area contributed by atoms with E-state index in [0.29, 0.717) is 36.6 Å². The summed E-state index contributed by atoms with van der Waals surface area (Å²) < 4.78 is 60.5. The molecule has 1 aliphatic rings. The molecule has 4 heterocycles. The summed E-state index contributed by atoms with van der Waals surface area (Å²) in [5.41, 5.74) is 3.81. The molecule has 1 aromatic carbocycles. The molecule has 1 fully saturated rings. The fourth-order valence-electron chi connectivity index (χ4n) is 5.00. The maximum Gasteiger partial charge on any atom is 0.355 e. The van der Waals surface area contributed by atoms with E-state index in [4.69, 9.17) is 17.3 Å². The highest BCUT2D eigenvalue weighted by Gasteiger charge is 2.30. The number of piperazine rings is 1. The largest absolute Gasteiger partial charge is 0.395 e. The summed E-state index contributed by atoms with van der Waals surface area (Å²) in [6.45, 7) is 9.13. The molecular weight excluding hydrogens is 550 g/mol. The molecular formula is C27H26ClF4N7O. The molecule has 3 aromatic heterocycles. The highest BCUT2D eigenvalue weighted by atomic mass is 35.5. The van der Waals surface area contributed by atoms with Crippen molar-refractivity contribution in [2.75, 3.05) is 30.3 Å². The maximum absolute atomic E-state index is 15.8. The average molecular weight is 576 g/mol. The van der Waals surface area contributed by atoms with Crippen molar-refractivity contribution in [3.8, 4) is 16.9 Å². The number of aryl methyl sites for hydroxylation is 1. The number of benzene rings is 1. The summed E-state index contributed by atoms with van der Waals surface area (Å²) in [5.74, 6) is -6.43. The Labute approximate surface area is 231 Å². The molecule has 3 N–H and O–H groups in total. The number of rotatable bonds is 4. The van der Waals surface area contributed by atoms with Gasteiger partial charge in [0, 0.05) is 31.9 Å². The molecule has 0 unspecified atom stereocenters. The number of anilines is 2. The maximum atomic E-state index is 15.8. The number of aromatic nitrogens is 4. The fraction of sp³-hybridized carbons (Fsp3) is 0.333. The van der Waals surface area contributed by atoms with Gasteiger partial charge < -0.3 is 16.0 Å². The number of nitrogens with two attached hydrogens (primary N) is 1. The predicted molar refractivity (Wildman–Crippen MR) is 146 cm³/mol. The fourth-order valence-corrected chi connectivity index (χ4v) is 5.26. The molecule has 8 nitrogen and oxygen atoms in total. The van der Waals surface area contributed by atoms with E-state index in [-0.39, 0.29) is 28.8 Å². The molecule has 210 valence electrons. The Morgan fingerprint density at radius 1 is 1.15 bits per heavy atom. The third-order valence-corrected chi connectivity index (χ3v) is 7.43. The molecule has 1 aliphatic heterocycles. The van der Waals surface area contributed by atoms with Crippen LogP contribution >= 0.6 is 11.6 Å². The lowest BCUT2D eigenvalue weighted by atomic mass is 10.0. The van der Waals surface area contributed by atoms with Crippen LogP contribution in [0.15, 0.2) is 23.1 Å². The molecule has 0 spiro atoms. The van der Waals surface area contributed by atoms with Crippen LogP contribution in [0.2, 0.25) is 5.02 Å². The van der Waals surface area contributed by atoms with Crippen LogP contribution in [-0.2, 0) is 0 Å². The molecule has 13 heteroatoms. The highest BCUT2D eigenvalue weighted by Crippen LogP contribution is 2.40. The molecule has 0 radical (unpaired) electrons. The van der Waals surface area contributed by atoms with Gasteiger partial charge in [-0.05, 0) is 37.5 Å². The minimum absolute atomic E-state index is 0.0890. The molecule has 4 aromatic rings. The smallest absolute Gasteiger partial charge is 0.355 e. The first-order chi connectivity index (χ1) is 18.9. The lowest BCUT2D eigenvalue weighted by molar-refractivity contribution is 0.451. The Hall–Kier alpha value is -3.77. The van der Waals surface area contributed by atoms with Crippen LogP contribution in [0.25, 0.3) is 28.0 Å². The second-order valence-electron chi connectivity index (χ2n) is 10.1. The van der Waals surface area contributed by atoms with Crippen molar-refractivity contribution in [1.29, 1.82) is 0 Å². The van der Waals surface area contributed by atoms with E-state index in [0.717, 1.165) is 6.07 Å². The molecule has 0 saturated carbocycles. The van der Waals surface area contributed by atoms with Gasteiger partial charge in [0.25, 0.3) is 0 Å². The number of nitrogens with zero attached hydrogens (tertiary/aromatic N) is 5. The van der Waals surface area contributed by atoms with Crippen molar-refractivity contribution in [3.05, 3.63) is 68.4 Å². The van der Waals surface area contributed by atoms with Crippen LogP contribution in [0.1, 0.15) is 37.9 Å². The highest BCUT2D eigenvalue weighted by molar-refractivity contribution is 6.35. The van der Waals surface area contributed by atoms with Gasteiger partial charge in [-0.25, -0.2) is 31.9 Å². The van der Waals surface area contributed by atoms with Crippen LogP contribution in [0, 0.1) is 30.2 Å². The minimum Gasteiger partial charge on any atom is -0.395 e. The van der Waals surface area contributed by atoms with Crippen molar-refractivity contribution in [3.63, 3.8) is 0 Å². The van der Waals surface area contributed by atoms with Gasteiger partial charge in [0.2, 0.25) is 0 Å². The third kappa shape index (κ3) is 4.35. The van der Waals surface area contributed by atoms with Crippen molar-refractivity contribution < 1.29 is 17.6 Å². The molecule has 0 amide bonds. The molecule has 0 aliphatic carbocycles. The quantitative estimate of drug-likeness (QED) is 0.155. The standard InChI is InChI=1S/C27H26ClF4N7O/c1-11(2)22-24(12(3)5-6-35-22)39-26-14(25(37-27(39)40)38-8-7-34-10-13(38)4)9-15(29)23(36-26)16-17(28)21(33)20(32)19(31)18(16)30/h5-6,9,11,13,34H,7-8,10,33H2,1-4H3/t13-/m0/s1. The first-order valence-corrected chi connectivity index (χ1v) is 13.0. The van der Waals surface area contributed by atoms with Gasteiger partial charge in [0.15, 0.2) is 28.9 Å². The van der Waals surface area contributed by atoms with Crippen LogP contribution < -0.4 is 21.6 Å². The molecule has 5 rings (SSSR count). The number of pyridine rings is 2. The number of nitrogens with one attached hydrogen (secondary N) is 1. The van der Waals surface area contributed by atoms with Crippen molar-refractivity contribution >= 4 is 34.1 Å². The second kappa shape index (κ2) is 10.3. The Morgan fingerprint density at radius 3 is 2.55 bits per heavy atom. The monoisotopic (exact) mass is 575 g/mol. The van der Waals surface area contributed by atoms with Gasteiger partial charge in [-0.2, -0.15) is 4.98 Å². The van der Waals surface area contributed by atoms with Gasteiger partial charge in [-0.1, -0.05) is 25.4 Å². The van der Waals surface area contributed by atoms with Crippen molar-refractivity contribution in [2.24, 2.45) is 0 Å². The van der Waals surface area contributed by atoms with Crippen LogP contribution in [0.5, 0.6) is 0 Å². The van der Waals surface area contributed by atoms with E-state index in [1.165, 1.54) is 4.57 Å². The number of hydrogen-bond donors (Lipinski definition) is 2. The van der Waals surface area contributed by atoms with Gasteiger partial charge in [0.1, 0.15) is 11.5 Å². The van der Waals surface area contributed by atoms with E-state index >= 15 is 8.78 Å². The van der Waals surface area contributed by atoms with E-state index < -0.39 is 50.9 Å². The van der Waals surface area contributed by atoms with E-state index in [1.807, 2.05) is 25.7 Å². The number of nitrogen functional groups attached to an aromatic ring is 1. The number of halogens is 5. The molecule has 1 atom stereocenters. The summed E-state index contributed by atoms with van der Waals surface area (Å²) in [7, 11) is 0. The van der Waals surface area contributed by atoms with Gasteiger partial charge in [-0.15, -0.1) is 0 Å². The predicted octanol–water partition coefficient (Wildman–Crippen LogP) is 4.86. The number of fused-ring (bicyclic) bond motifs is 1. The Balaban J connectivity index is 1.95. The zero-order valence-corrected chi connectivity index (χ0v) is 22.9. The van der Waals surface area contributed by atoms with E-state index in [9.17, 15) is 13.6 Å². The lowest BCUT2D eigenvalue weighted by Crippen LogP contribution is -2.50. The molecule has 1 saturated heterocycles. The van der Waals surface area contributed by atoms with E-state index in [2.05, 4.69) is 20.3 Å². The van der Waals surface area contributed by atoms with Crippen LogP contribution in [-0.4, -0.2) is 45.2 Å². The zero-order valence-electron chi connectivity index (χ0n) is 22.1. The van der Waals surface area contributed by atoms with Crippen molar-refractivity contribution in [1.82, 2.24) is 24.8 Å². The van der Waals surface area contributed by atoms with E-state index in [1.54, 1.807) is 19.2 Å². The summed E-state index contributed by atoms with van der Waals surface area (Å²) in [6.07, 6.45) is 1.60. The SMILES string of the molecule is Cc1ccnc(C(C)C)c1-n1c(=O)nc(N2CCNC[C@@H]2C)c2cc(F)c(-c3c(F)c(F)c(F)c(N)c3Cl)nc21. The summed E-state index contributed by atoms with van der Waals surface area (Å²) in [6, 6.07) is 2.63. The van der Waals surface area contributed by atoms with Gasteiger partial charge in [-0.3, -0.25) is 4.98 Å². The Morgan fingerprint density at radius 2 is 1.88 bits per heavy atom. The summed E-state index contributed by atoms with van der Waals surface area (Å²) >= 11 is 6.10. The first-order valence-electron chi connectivity index (χ1n) is 12.6. The minimum atomic E-state index is -1.93. The topological polar surface area (TPSA) is 102 Å². The van der Waals surface area contributed by atoms with Crippen LogP contribution in [0.4, 0.5) is 29.1 Å². The Kier molecular flexibility index (Phi) is 7.17. The normalized spacial score (nSPS) is 15.8.